The maximum Gasteiger partial charge on any atom is 0.132 e. The van der Waals surface area contributed by atoms with Crippen molar-refractivity contribution >= 4 is 27.8 Å². The molecule has 0 saturated carbocycles. The van der Waals surface area contributed by atoms with E-state index in [1.165, 1.54) is 66.4 Å². The minimum absolute atomic E-state index is 0.559. The molecular weight excluding hydrogens is 839 g/mol. The topological polar surface area (TPSA) is 21.7 Å². The van der Waals surface area contributed by atoms with Crippen LogP contribution in [-0.2, 0) is 10.8 Å². The zero-order valence-electron chi connectivity index (χ0n) is 37.4. The van der Waals surface area contributed by atoms with E-state index in [-0.39, 0.29) is 0 Å². The van der Waals surface area contributed by atoms with Crippen molar-refractivity contribution in [2.45, 2.75) is 10.8 Å². The summed E-state index contributed by atoms with van der Waals surface area (Å²) in [5.41, 5.74) is 19.0. The Morgan fingerprint density at radius 2 is 0.667 bits per heavy atom. The van der Waals surface area contributed by atoms with Gasteiger partial charge in [-0.3, -0.25) is 0 Å². The number of hydrogen-bond donors (Lipinski definition) is 0. The van der Waals surface area contributed by atoms with Gasteiger partial charge in [-0.1, -0.05) is 188 Å². The number of nitrogens with zero attached hydrogens (tertiary/aromatic N) is 1. The predicted octanol–water partition coefficient (Wildman–Crippen LogP) is 16.9. The molecule has 3 nitrogen and oxygen atoms in total. The minimum atomic E-state index is -0.607. The molecule has 2 heterocycles. The number of benzene rings is 11. The Morgan fingerprint density at radius 3 is 1.28 bits per heavy atom. The molecule has 0 saturated heterocycles. The summed E-state index contributed by atoms with van der Waals surface area (Å²) in [6.07, 6.45) is 0. The lowest BCUT2D eigenvalue weighted by molar-refractivity contribution is 0.436. The zero-order valence-corrected chi connectivity index (χ0v) is 37.4. The van der Waals surface area contributed by atoms with Crippen LogP contribution in [-0.4, -0.2) is 0 Å². The van der Waals surface area contributed by atoms with Gasteiger partial charge in [0.1, 0.15) is 23.0 Å². The van der Waals surface area contributed by atoms with Crippen molar-refractivity contribution < 1.29 is 9.47 Å². The molecule has 11 aromatic rings. The van der Waals surface area contributed by atoms with Crippen LogP contribution < -0.4 is 14.4 Å². The quantitative estimate of drug-likeness (QED) is 0.176. The summed E-state index contributed by atoms with van der Waals surface area (Å²) in [6, 6.07) is 91.0. The third kappa shape index (κ3) is 5.11. The molecule has 0 atom stereocenters. The van der Waals surface area contributed by atoms with Crippen molar-refractivity contribution in [3.63, 3.8) is 0 Å². The third-order valence-electron chi connectivity index (χ3n) is 15.4. The smallest absolute Gasteiger partial charge is 0.132 e. The molecule has 0 amide bonds. The van der Waals surface area contributed by atoms with Crippen molar-refractivity contribution in [2.24, 2.45) is 0 Å². The molecule has 2 aliphatic heterocycles. The van der Waals surface area contributed by atoms with E-state index in [0.717, 1.165) is 62.3 Å². The highest BCUT2D eigenvalue weighted by atomic mass is 16.5. The second-order valence-corrected chi connectivity index (χ2v) is 18.6. The fourth-order valence-electron chi connectivity index (χ4n) is 12.7. The summed E-state index contributed by atoms with van der Waals surface area (Å²) in [4.78, 5) is 2.46. The van der Waals surface area contributed by atoms with E-state index in [9.17, 15) is 0 Å². The SMILES string of the molecule is c1ccc2c(c1)Oc1ccccc1C21c2ccccc2-c2cc(N(c3ccc(-c4cccc5ccccc45)cc3)c3ccc4c(c3)C3(c5ccccc5Oc5ccccc53)c3ccccc3-4)ccc21. The average Bonchev–Trinajstić information content (AvgIpc) is 3.86. The maximum atomic E-state index is 6.73. The van der Waals surface area contributed by atoms with E-state index in [0.29, 0.717) is 0 Å². The molecule has 0 radical (unpaired) electrons. The van der Waals surface area contributed by atoms with E-state index in [1.807, 2.05) is 0 Å². The van der Waals surface area contributed by atoms with E-state index in [1.54, 1.807) is 0 Å². The van der Waals surface area contributed by atoms with E-state index < -0.39 is 10.8 Å². The number of para-hydroxylation sites is 4. The van der Waals surface area contributed by atoms with Crippen LogP contribution >= 0.6 is 0 Å². The lowest BCUT2D eigenvalue weighted by Gasteiger charge is -2.40. The second kappa shape index (κ2) is 14.3. The van der Waals surface area contributed by atoms with Crippen LogP contribution in [0.4, 0.5) is 17.1 Å². The third-order valence-corrected chi connectivity index (χ3v) is 15.4. The van der Waals surface area contributed by atoms with Gasteiger partial charge >= 0.3 is 0 Å². The highest BCUT2D eigenvalue weighted by molar-refractivity contribution is 5.98. The molecule has 2 aliphatic carbocycles. The predicted molar refractivity (Wildman–Crippen MR) is 279 cm³/mol. The van der Waals surface area contributed by atoms with Crippen molar-refractivity contribution in [2.75, 3.05) is 4.90 Å². The molecular formula is C66H41NO2. The number of rotatable bonds is 4. The van der Waals surface area contributed by atoms with Gasteiger partial charge in [0.2, 0.25) is 0 Å². The minimum Gasteiger partial charge on any atom is -0.457 e. The molecule has 3 heteroatoms. The van der Waals surface area contributed by atoms with Crippen molar-refractivity contribution in [3.05, 3.63) is 293 Å². The lowest BCUT2D eigenvalue weighted by atomic mass is 9.66. The first-order chi connectivity index (χ1) is 34.2. The molecule has 0 bridgehead atoms. The first-order valence-corrected chi connectivity index (χ1v) is 23.8. The highest BCUT2D eigenvalue weighted by Gasteiger charge is 2.53. The Labute approximate surface area is 400 Å². The Bertz CT molecular complexity index is 3840. The van der Waals surface area contributed by atoms with Crippen LogP contribution in [0.25, 0.3) is 44.2 Å². The molecule has 322 valence electrons. The van der Waals surface area contributed by atoms with Gasteiger partial charge in [-0.15, -0.1) is 0 Å². The van der Waals surface area contributed by atoms with Gasteiger partial charge in [-0.25, -0.2) is 0 Å². The Hall–Kier alpha value is -8.92. The molecule has 0 unspecified atom stereocenters. The molecule has 11 aromatic carbocycles. The van der Waals surface area contributed by atoms with Crippen LogP contribution in [0.3, 0.4) is 0 Å². The van der Waals surface area contributed by atoms with Crippen LogP contribution in [0, 0.1) is 0 Å². The van der Waals surface area contributed by atoms with Crippen LogP contribution in [0.15, 0.2) is 249 Å². The molecule has 2 spiro atoms. The summed E-state index contributed by atoms with van der Waals surface area (Å²) in [6.45, 7) is 0. The average molecular weight is 880 g/mol. The summed E-state index contributed by atoms with van der Waals surface area (Å²) < 4.78 is 13.4. The summed E-state index contributed by atoms with van der Waals surface area (Å²) in [5.74, 6) is 3.54. The van der Waals surface area contributed by atoms with Gasteiger partial charge in [-0.2, -0.15) is 0 Å². The summed E-state index contributed by atoms with van der Waals surface area (Å²) in [7, 11) is 0. The van der Waals surface area contributed by atoms with Gasteiger partial charge in [0, 0.05) is 39.3 Å². The van der Waals surface area contributed by atoms with E-state index in [2.05, 4.69) is 254 Å². The Kier molecular flexibility index (Phi) is 7.92. The van der Waals surface area contributed by atoms with Gasteiger partial charge in [-0.05, 0) is 127 Å². The van der Waals surface area contributed by atoms with Crippen molar-refractivity contribution in [3.8, 4) is 56.4 Å². The van der Waals surface area contributed by atoms with Gasteiger partial charge in [0.25, 0.3) is 0 Å². The van der Waals surface area contributed by atoms with Gasteiger partial charge in [0.15, 0.2) is 0 Å². The molecule has 15 rings (SSSR count). The fourth-order valence-corrected chi connectivity index (χ4v) is 12.7. The van der Waals surface area contributed by atoms with Gasteiger partial charge in [0.05, 0.1) is 10.8 Å². The number of ether oxygens (including phenoxy) is 2. The van der Waals surface area contributed by atoms with Crippen LogP contribution in [0.1, 0.15) is 44.5 Å². The molecule has 0 fully saturated rings. The Morgan fingerprint density at radius 1 is 0.261 bits per heavy atom. The largest absolute Gasteiger partial charge is 0.457 e. The lowest BCUT2D eigenvalue weighted by Crippen LogP contribution is -2.32. The summed E-state index contributed by atoms with van der Waals surface area (Å²) in [5, 5.41) is 2.48. The van der Waals surface area contributed by atoms with Crippen molar-refractivity contribution in [1.29, 1.82) is 0 Å². The van der Waals surface area contributed by atoms with Crippen LogP contribution in [0.2, 0.25) is 0 Å². The first-order valence-electron chi connectivity index (χ1n) is 23.8. The van der Waals surface area contributed by atoms with E-state index in [4.69, 9.17) is 9.47 Å². The fraction of sp³-hybridized carbons (Fsp3) is 0.0303. The maximum absolute atomic E-state index is 6.73. The molecule has 0 N–H and O–H groups in total. The monoisotopic (exact) mass is 879 g/mol. The van der Waals surface area contributed by atoms with Crippen molar-refractivity contribution in [1.82, 2.24) is 0 Å². The Balaban J connectivity index is 0.980. The highest BCUT2D eigenvalue weighted by Crippen LogP contribution is 2.65. The molecule has 4 aliphatic rings. The number of anilines is 3. The summed E-state index contributed by atoms with van der Waals surface area (Å²) >= 11 is 0. The second-order valence-electron chi connectivity index (χ2n) is 18.6. The van der Waals surface area contributed by atoms with Crippen LogP contribution in [0.5, 0.6) is 23.0 Å². The zero-order chi connectivity index (χ0) is 45.3. The number of fused-ring (bicyclic) bond motifs is 19. The molecule has 0 aromatic heterocycles. The number of hydrogen-bond acceptors (Lipinski definition) is 3. The molecule has 69 heavy (non-hydrogen) atoms. The standard InChI is InChI=1S/C66H41NO2/c1-2-18-47-42(16-1)17-15-21-48(47)43-32-34-44(35-33-43)67(45-37-39-55-52(40-45)50-20-4-6-23-54(50)65(55)56-24-7-11-28-61(56)68-62-29-12-8-25-57(62)65)46-36-38-51-49-19-3-5-22-53(49)66(60(51)41-46)58-26-9-13-30-63(58)69-64-31-14-10-27-59(64)66/h1-41H. The first kappa shape index (κ1) is 38.2. The van der Waals surface area contributed by atoms with Gasteiger partial charge < -0.3 is 14.4 Å². The van der Waals surface area contributed by atoms with E-state index >= 15 is 0 Å². The normalized spacial score (nSPS) is 14.3.